The highest BCUT2D eigenvalue weighted by Crippen LogP contribution is 2.34. The van der Waals surface area contributed by atoms with E-state index in [0.717, 1.165) is 38.1 Å². The predicted molar refractivity (Wildman–Crippen MR) is 85.0 cm³/mol. The largest absolute Gasteiger partial charge is 0.496 e. The van der Waals surface area contributed by atoms with Crippen LogP contribution in [0.4, 0.5) is 0 Å². The summed E-state index contributed by atoms with van der Waals surface area (Å²) in [6.45, 7) is 6.19. The van der Waals surface area contributed by atoms with E-state index in [0.29, 0.717) is 0 Å². The molecule has 0 atom stereocenters. The highest BCUT2D eigenvalue weighted by Gasteiger charge is 2.11. The highest BCUT2D eigenvalue weighted by atomic mass is 35.5. The molecule has 0 saturated heterocycles. The quantitative estimate of drug-likeness (QED) is 0.589. The Labute approximate surface area is 123 Å². The van der Waals surface area contributed by atoms with Crippen molar-refractivity contribution in [3.63, 3.8) is 0 Å². The maximum atomic E-state index is 6.59. The van der Waals surface area contributed by atoms with Gasteiger partial charge >= 0.3 is 0 Å². The van der Waals surface area contributed by atoms with E-state index in [-0.39, 0.29) is 0 Å². The van der Waals surface area contributed by atoms with Crippen molar-refractivity contribution in [1.82, 2.24) is 4.98 Å². The average Bonchev–Trinajstić information content (AvgIpc) is 2.42. The first-order valence-corrected chi connectivity index (χ1v) is 6.94. The van der Waals surface area contributed by atoms with E-state index in [9.17, 15) is 0 Å². The smallest absolute Gasteiger partial charge is 0.123 e. The standard InChI is InChI=1S/C17H16ClNO/c1-9-5-12-14(7-10(9)2)19-15-8-16(20-4)11(3)6-13(15)17(12)18/h5-8H,1-4H3. The molecular formula is C17H16ClNO. The number of fused-ring (bicyclic) bond motifs is 2. The van der Waals surface area contributed by atoms with Crippen molar-refractivity contribution in [2.75, 3.05) is 7.11 Å². The van der Waals surface area contributed by atoms with Crippen LogP contribution in [-0.4, -0.2) is 12.1 Å². The summed E-state index contributed by atoms with van der Waals surface area (Å²) in [5.74, 6) is 0.837. The van der Waals surface area contributed by atoms with Gasteiger partial charge in [-0.25, -0.2) is 4.98 Å². The molecule has 3 aromatic rings. The molecule has 0 N–H and O–H groups in total. The summed E-state index contributed by atoms with van der Waals surface area (Å²) in [7, 11) is 1.67. The minimum absolute atomic E-state index is 0.763. The van der Waals surface area contributed by atoms with Crippen molar-refractivity contribution in [3.8, 4) is 5.75 Å². The third kappa shape index (κ3) is 1.92. The van der Waals surface area contributed by atoms with Crippen LogP contribution >= 0.6 is 11.6 Å². The van der Waals surface area contributed by atoms with Gasteiger partial charge in [0, 0.05) is 16.8 Å². The SMILES string of the molecule is COc1cc2nc3cc(C)c(C)cc3c(Cl)c2cc1C. The van der Waals surface area contributed by atoms with Crippen molar-refractivity contribution in [3.05, 3.63) is 46.0 Å². The van der Waals surface area contributed by atoms with Crippen LogP contribution in [0.3, 0.4) is 0 Å². The van der Waals surface area contributed by atoms with Crippen LogP contribution < -0.4 is 4.74 Å². The van der Waals surface area contributed by atoms with E-state index in [2.05, 4.69) is 26.0 Å². The first-order valence-electron chi connectivity index (χ1n) is 6.56. The number of nitrogens with zero attached hydrogens (tertiary/aromatic N) is 1. The van der Waals surface area contributed by atoms with Gasteiger partial charge in [-0.05, 0) is 55.7 Å². The van der Waals surface area contributed by atoms with E-state index in [1.165, 1.54) is 11.1 Å². The average molecular weight is 286 g/mol. The maximum absolute atomic E-state index is 6.59. The van der Waals surface area contributed by atoms with Crippen molar-refractivity contribution in [1.29, 1.82) is 0 Å². The Balaban J connectivity index is 2.47. The number of halogens is 1. The van der Waals surface area contributed by atoms with Gasteiger partial charge in [0.2, 0.25) is 0 Å². The minimum atomic E-state index is 0.763. The Morgan fingerprint density at radius 2 is 1.40 bits per heavy atom. The van der Waals surface area contributed by atoms with E-state index < -0.39 is 0 Å². The fourth-order valence-corrected chi connectivity index (χ4v) is 2.81. The number of methoxy groups -OCH3 is 1. The molecule has 0 aliphatic heterocycles. The molecule has 0 bridgehead atoms. The molecule has 1 heterocycles. The molecule has 0 unspecified atom stereocenters. The number of benzene rings is 2. The number of hydrogen-bond donors (Lipinski definition) is 0. The Morgan fingerprint density at radius 3 is 2.05 bits per heavy atom. The van der Waals surface area contributed by atoms with Crippen LogP contribution in [-0.2, 0) is 0 Å². The summed E-state index contributed by atoms with van der Waals surface area (Å²) in [5.41, 5.74) is 5.31. The molecule has 2 aromatic carbocycles. The van der Waals surface area contributed by atoms with Crippen LogP contribution in [0.15, 0.2) is 24.3 Å². The first kappa shape index (κ1) is 13.2. The lowest BCUT2D eigenvalue weighted by molar-refractivity contribution is 0.412. The molecule has 2 nitrogen and oxygen atoms in total. The predicted octanol–water partition coefficient (Wildman–Crippen LogP) is 4.98. The summed E-state index contributed by atoms with van der Waals surface area (Å²) in [5, 5.41) is 2.74. The molecular weight excluding hydrogens is 270 g/mol. The van der Waals surface area contributed by atoms with Crippen LogP contribution in [0.25, 0.3) is 21.8 Å². The number of rotatable bonds is 1. The zero-order chi connectivity index (χ0) is 14.4. The van der Waals surface area contributed by atoms with Crippen LogP contribution in [0, 0.1) is 20.8 Å². The number of pyridine rings is 1. The molecule has 0 fully saturated rings. The van der Waals surface area contributed by atoms with Gasteiger partial charge in [-0.3, -0.25) is 0 Å². The Morgan fingerprint density at radius 1 is 0.850 bits per heavy atom. The van der Waals surface area contributed by atoms with E-state index in [1.807, 2.05) is 19.1 Å². The fraction of sp³-hybridized carbons (Fsp3) is 0.235. The van der Waals surface area contributed by atoms with Gasteiger partial charge < -0.3 is 4.74 Å². The van der Waals surface area contributed by atoms with Crippen LogP contribution in [0.1, 0.15) is 16.7 Å². The number of ether oxygens (including phenoxy) is 1. The van der Waals surface area contributed by atoms with E-state index in [4.69, 9.17) is 21.3 Å². The van der Waals surface area contributed by atoms with Gasteiger partial charge in [0.15, 0.2) is 0 Å². The lowest BCUT2D eigenvalue weighted by atomic mass is 10.0. The molecule has 1 aromatic heterocycles. The molecule has 3 heteroatoms. The summed E-state index contributed by atoms with van der Waals surface area (Å²) >= 11 is 6.59. The minimum Gasteiger partial charge on any atom is -0.496 e. The highest BCUT2D eigenvalue weighted by molar-refractivity contribution is 6.40. The van der Waals surface area contributed by atoms with Crippen LogP contribution in [0.5, 0.6) is 5.75 Å². The first-order chi connectivity index (χ1) is 9.51. The third-order valence-electron chi connectivity index (χ3n) is 3.84. The molecule has 0 radical (unpaired) electrons. The molecule has 102 valence electrons. The van der Waals surface area contributed by atoms with Gasteiger partial charge in [0.25, 0.3) is 0 Å². The zero-order valence-electron chi connectivity index (χ0n) is 12.0. The maximum Gasteiger partial charge on any atom is 0.123 e. The van der Waals surface area contributed by atoms with Crippen molar-refractivity contribution < 1.29 is 4.74 Å². The topological polar surface area (TPSA) is 22.1 Å². The van der Waals surface area contributed by atoms with Gasteiger partial charge in [0.1, 0.15) is 5.75 Å². The van der Waals surface area contributed by atoms with Crippen LogP contribution in [0.2, 0.25) is 5.02 Å². The Kier molecular flexibility index (Phi) is 3.06. The summed E-state index contributed by atoms with van der Waals surface area (Å²) in [6.07, 6.45) is 0. The zero-order valence-corrected chi connectivity index (χ0v) is 12.8. The van der Waals surface area contributed by atoms with Gasteiger partial charge in [-0.1, -0.05) is 11.6 Å². The monoisotopic (exact) mass is 285 g/mol. The lowest BCUT2D eigenvalue weighted by Crippen LogP contribution is -1.92. The van der Waals surface area contributed by atoms with Gasteiger partial charge in [0.05, 0.1) is 23.2 Å². The molecule has 0 saturated carbocycles. The van der Waals surface area contributed by atoms with Crippen molar-refractivity contribution >= 4 is 33.4 Å². The Hall–Kier alpha value is -1.80. The summed E-state index contributed by atoms with van der Waals surface area (Å²) in [4.78, 5) is 4.73. The fourth-order valence-electron chi connectivity index (χ4n) is 2.51. The van der Waals surface area contributed by atoms with Gasteiger partial charge in [-0.15, -0.1) is 0 Å². The summed E-state index contributed by atoms with van der Waals surface area (Å²) < 4.78 is 5.36. The molecule has 0 spiro atoms. The molecule has 0 amide bonds. The lowest BCUT2D eigenvalue weighted by Gasteiger charge is -2.11. The second kappa shape index (κ2) is 4.64. The number of aryl methyl sites for hydroxylation is 3. The van der Waals surface area contributed by atoms with Gasteiger partial charge in [-0.2, -0.15) is 0 Å². The van der Waals surface area contributed by atoms with Crippen molar-refractivity contribution in [2.24, 2.45) is 0 Å². The summed E-state index contributed by atoms with van der Waals surface area (Å²) in [6, 6.07) is 8.19. The second-order valence-corrected chi connectivity index (χ2v) is 5.60. The molecule has 0 aliphatic rings. The number of aromatic nitrogens is 1. The Bertz CT molecular complexity index is 840. The normalized spacial score (nSPS) is 11.2. The molecule has 3 rings (SSSR count). The number of hydrogen-bond acceptors (Lipinski definition) is 2. The second-order valence-electron chi connectivity index (χ2n) is 5.22. The molecule has 20 heavy (non-hydrogen) atoms. The van der Waals surface area contributed by atoms with Crippen molar-refractivity contribution in [2.45, 2.75) is 20.8 Å². The molecule has 0 aliphatic carbocycles. The van der Waals surface area contributed by atoms with E-state index in [1.54, 1.807) is 7.11 Å². The van der Waals surface area contributed by atoms with E-state index >= 15 is 0 Å². The third-order valence-corrected chi connectivity index (χ3v) is 4.25.